The van der Waals surface area contributed by atoms with E-state index in [2.05, 4.69) is 126 Å². The normalized spacial score (nSPS) is 11.4. The molecule has 0 bridgehead atoms. The van der Waals surface area contributed by atoms with Crippen LogP contribution in [-0.2, 0) is 0 Å². The van der Waals surface area contributed by atoms with Crippen LogP contribution in [0.4, 0.5) is 22.7 Å². The highest BCUT2D eigenvalue weighted by Gasteiger charge is 2.18. The molecule has 0 atom stereocenters. The third-order valence-corrected chi connectivity index (χ3v) is 7.08. The van der Waals surface area contributed by atoms with Crippen molar-refractivity contribution >= 4 is 65.8 Å². The number of hydrogen-bond donors (Lipinski definition) is 1. The maximum atomic E-state index is 6.06. The number of fused-ring (bicyclic) bond motifs is 4. The Labute approximate surface area is 209 Å². The van der Waals surface area contributed by atoms with Crippen molar-refractivity contribution in [2.24, 2.45) is 0 Å². The summed E-state index contributed by atoms with van der Waals surface area (Å²) < 4.78 is 0. The van der Waals surface area contributed by atoms with Crippen LogP contribution in [-0.4, -0.2) is 0 Å². The quantitative estimate of drug-likeness (QED) is 0.210. The Morgan fingerprint density at radius 2 is 0.972 bits per heavy atom. The van der Waals surface area contributed by atoms with Crippen molar-refractivity contribution in [3.05, 3.63) is 133 Å². The van der Waals surface area contributed by atoms with Gasteiger partial charge < -0.3 is 10.6 Å². The summed E-state index contributed by atoms with van der Waals surface area (Å²) in [6, 6.07) is 47.6. The maximum Gasteiger partial charge on any atom is 0.0540 e. The molecule has 2 heteroatoms. The van der Waals surface area contributed by atoms with Crippen molar-refractivity contribution in [3.8, 4) is 0 Å². The molecule has 0 aliphatic heterocycles. The first kappa shape index (κ1) is 20.5. The molecule has 7 rings (SSSR count). The van der Waals surface area contributed by atoms with Gasteiger partial charge >= 0.3 is 0 Å². The van der Waals surface area contributed by atoms with Crippen LogP contribution in [0.2, 0.25) is 0 Å². The summed E-state index contributed by atoms with van der Waals surface area (Å²) in [7, 11) is 0. The molecule has 7 aromatic rings. The predicted octanol–water partition coefficient (Wildman–Crippen LogP) is 9.35. The third-order valence-electron chi connectivity index (χ3n) is 7.08. The molecule has 0 aliphatic rings. The minimum Gasteiger partial charge on any atom is -0.399 e. The van der Waals surface area contributed by atoms with Gasteiger partial charge in [-0.05, 0) is 80.8 Å². The highest BCUT2D eigenvalue weighted by atomic mass is 15.1. The third kappa shape index (κ3) is 3.35. The van der Waals surface area contributed by atoms with E-state index in [9.17, 15) is 0 Å². The van der Waals surface area contributed by atoms with Gasteiger partial charge in [-0.2, -0.15) is 0 Å². The maximum absolute atomic E-state index is 6.06. The molecule has 0 aromatic heterocycles. The molecule has 0 aliphatic carbocycles. The monoisotopic (exact) mass is 460 g/mol. The lowest BCUT2D eigenvalue weighted by molar-refractivity contribution is 1.32. The molecule has 0 fully saturated rings. The second-order valence-electron chi connectivity index (χ2n) is 9.32. The molecule has 170 valence electrons. The summed E-state index contributed by atoms with van der Waals surface area (Å²) in [6.45, 7) is 0. The van der Waals surface area contributed by atoms with Crippen LogP contribution >= 0.6 is 0 Å². The van der Waals surface area contributed by atoms with Crippen molar-refractivity contribution < 1.29 is 0 Å². The standard InChI is InChI=1S/C34H24N2/c35-29-17-15-27-21-30(18-16-26(27)20-29)36(33-13-5-10-23-7-3-4-12-31(23)33)34-14-6-11-28-19-24-8-1-2-9-25(24)22-32(28)34/h1-22H,35H2. The highest BCUT2D eigenvalue weighted by Crippen LogP contribution is 2.43. The molecule has 36 heavy (non-hydrogen) atoms. The van der Waals surface area contributed by atoms with Crippen LogP contribution in [0, 0.1) is 0 Å². The molecule has 0 radical (unpaired) electrons. The van der Waals surface area contributed by atoms with Crippen LogP contribution < -0.4 is 10.6 Å². The molecule has 7 aromatic carbocycles. The minimum atomic E-state index is 0.780. The van der Waals surface area contributed by atoms with Gasteiger partial charge in [0.1, 0.15) is 0 Å². The first-order valence-corrected chi connectivity index (χ1v) is 12.2. The Morgan fingerprint density at radius 1 is 0.389 bits per heavy atom. The second-order valence-corrected chi connectivity index (χ2v) is 9.32. The summed E-state index contributed by atoms with van der Waals surface area (Å²) >= 11 is 0. The fourth-order valence-corrected chi connectivity index (χ4v) is 5.35. The van der Waals surface area contributed by atoms with Gasteiger partial charge in [0.2, 0.25) is 0 Å². The van der Waals surface area contributed by atoms with Crippen molar-refractivity contribution in [1.29, 1.82) is 0 Å². The molecule has 0 amide bonds. The van der Waals surface area contributed by atoms with E-state index in [-0.39, 0.29) is 0 Å². The van der Waals surface area contributed by atoms with Gasteiger partial charge in [0.05, 0.1) is 11.4 Å². The van der Waals surface area contributed by atoms with E-state index in [1.54, 1.807) is 0 Å². The van der Waals surface area contributed by atoms with E-state index in [1.165, 1.54) is 32.3 Å². The van der Waals surface area contributed by atoms with E-state index in [4.69, 9.17) is 5.73 Å². The van der Waals surface area contributed by atoms with Crippen molar-refractivity contribution in [2.75, 3.05) is 10.6 Å². The van der Waals surface area contributed by atoms with Crippen LogP contribution in [0.5, 0.6) is 0 Å². The van der Waals surface area contributed by atoms with Crippen LogP contribution in [0.1, 0.15) is 0 Å². The molecule has 2 N–H and O–H groups in total. The largest absolute Gasteiger partial charge is 0.399 e. The zero-order valence-corrected chi connectivity index (χ0v) is 19.7. The lowest BCUT2D eigenvalue weighted by atomic mass is 10.00. The molecule has 0 saturated heterocycles. The molecule has 0 heterocycles. The van der Waals surface area contributed by atoms with Crippen molar-refractivity contribution in [1.82, 2.24) is 0 Å². The zero-order chi connectivity index (χ0) is 24.1. The van der Waals surface area contributed by atoms with Crippen molar-refractivity contribution in [3.63, 3.8) is 0 Å². The SMILES string of the molecule is Nc1ccc2cc(N(c3cccc4ccccc34)c3cccc4cc5ccccc5cc34)ccc2c1. The van der Waals surface area contributed by atoms with Gasteiger partial charge in [0, 0.05) is 22.1 Å². The van der Waals surface area contributed by atoms with E-state index >= 15 is 0 Å². The number of benzene rings is 7. The Morgan fingerprint density at radius 3 is 1.81 bits per heavy atom. The lowest BCUT2D eigenvalue weighted by Crippen LogP contribution is -2.11. The molecule has 0 spiro atoms. The second kappa shape index (κ2) is 8.14. The lowest BCUT2D eigenvalue weighted by Gasteiger charge is -2.28. The first-order valence-electron chi connectivity index (χ1n) is 12.2. The van der Waals surface area contributed by atoms with E-state index in [0.717, 1.165) is 33.5 Å². The van der Waals surface area contributed by atoms with Crippen LogP contribution in [0.25, 0.3) is 43.1 Å². The first-order chi connectivity index (χ1) is 17.7. The van der Waals surface area contributed by atoms with Crippen LogP contribution in [0.3, 0.4) is 0 Å². The number of nitrogens with two attached hydrogens (primary N) is 1. The predicted molar refractivity (Wildman–Crippen MR) is 156 cm³/mol. The fraction of sp³-hybridized carbons (Fsp3) is 0. The molecule has 2 nitrogen and oxygen atoms in total. The van der Waals surface area contributed by atoms with Gasteiger partial charge in [-0.3, -0.25) is 0 Å². The number of nitrogens with zero attached hydrogens (tertiary/aromatic N) is 1. The molecule has 0 unspecified atom stereocenters. The van der Waals surface area contributed by atoms with Gasteiger partial charge in [0.25, 0.3) is 0 Å². The average molecular weight is 461 g/mol. The molecular formula is C34H24N2. The van der Waals surface area contributed by atoms with E-state index < -0.39 is 0 Å². The van der Waals surface area contributed by atoms with Gasteiger partial charge in [-0.15, -0.1) is 0 Å². The van der Waals surface area contributed by atoms with Crippen molar-refractivity contribution in [2.45, 2.75) is 0 Å². The van der Waals surface area contributed by atoms with Gasteiger partial charge in [0.15, 0.2) is 0 Å². The Balaban J connectivity index is 1.56. The number of anilines is 4. The summed E-state index contributed by atoms with van der Waals surface area (Å²) in [5, 5.41) is 9.69. The number of hydrogen-bond acceptors (Lipinski definition) is 2. The number of rotatable bonds is 3. The Hall–Kier alpha value is -4.82. The summed E-state index contributed by atoms with van der Waals surface area (Å²) in [5.41, 5.74) is 10.3. The Bertz CT molecular complexity index is 1910. The topological polar surface area (TPSA) is 29.3 Å². The van der Waals surface area contributed by atoms with Gasteiger partial charge in [-0.25, -0.2) is 0 Å². The summed E-state index contributed by atoms with van der Waals surface area (Å²) in [6.07, 6.45) is 0. The van der Waals surface area contributed by atoms with E-state index in [0.29, 0.717) is 0 Å². The fourth-order valence-electron chi connectivity index (χ4n) is 5.35. The van der Waals surface area contributed by atoms with Gasteiger partial charge in [-0.1, -0.05) is 84.9 Å². The average Bonchev–Trinajstić information content (AvgIpc) is 2.92. The van der Waals surface area contributed by atoms with E-state index in [1.807, 2.05) is 12.1 Å². The summed E-state index contributed by atoms with van der Waals surface area (Å²) in [4.78, 5) is 2.40. The summed E-state index contributed by atoms with van der Waals surface area (Å²) in [5.74, 6) is 0. The smallest absolute Gasteiger partial charge is 0.0540 e. The highest BCUT2D eigenvalue weighted by molar-refractivity contribution is 6.09. The number of nitrogen functional groups attached to an aromatic ring is 1. The molecular weight excluding hydrogens is 436 g/mol. The molecule has 0 saturated carbocycles. The van der Waals surface area contributed by atoms with Crippen LogP contribution in [0.15, 0.2) is 133 Å². The zero-order valence-electron chi connectivity index (χ0n) is 19.7. The Kier molecular flexibility index (Phi) is 4.65. The minimum absolute atomic E-state index is 0.780.